The maximum Gasteiger partial charge on any atom is 0.258 e. The highest BCUT2D eigenvalue weighted by molar-refractivity contribution is 6.33. The maximum atomic E-state index is 12.4. The van der Waals surface area contributed by atoms with E-state index in [0.717, 1.165) is 23.1 Å². The Morgan fingerprint density at radius 2 is 1.97 bits per heavy atom. The molecule has 0 aliphatic heterocycles. The number of anilines is 1. The van der Waals surface area contributed by atoms with Gasteiger partial charge in [0.05, 0.1) is 5.56 Å². The lowest BCUT2D eigenvalue weighted by molar-refractivity contribution is 0.102. The average molecular weight is 406 g/mol. The summed E-state index contributed by atoms with van der Waals surface area (Å²) in [6, 6.07) is 16.8. The summed E-state index contributed by atoms with van der Waals surface area (Å²) in [7, 11) is 0. The van der Waals surface area contributed by atoms with E-state index >= 15 is 0 Å². The van der Waals surface area contributed by atoms with Crippen molar-refractivity contribution in [3.63, 3.8) is 0 Å². The van der Waals surface area contributed by atoms with Crippen molar-refractivity contribution in [3.8, 4) is 11.5 Å². The summed E-state index contributed by atoms with van der Waals surface area (Å²) >= 11 is 5.98. The molecule has 0 fully saturated rings. The Morgan fingerprint density at radius 1 is 1.17 bits per heavy atom. The van der Waals surface area contributed by atoms with E-state index in [1.165, 1.54) is 5.56 Å². The third-order valence-electron chi connectivity index (χ3n) is 4.99. The zero-order valence-corrected chi connectivity index (χ0v) is 16.9. The molecule has 0 spiro atoms. The number of amides is 1. The van der Waals surface area contributed by atoms with Crippen molar-refractivity contribution in [3.05, 3.63) is 77.1 Å². The predicted molar refractivity (Wildman–Crippen MR) is 115 cm³/mol. The lowest BCUT2D eigenvalue weighted by atomic mass is 9.98. The largest absolute Gasteiger partial charge is 0.436 e. The van der Waals surface area contributed by atoms with Gasteiger partial charge in [0.2, 0.25) is 5.89 Å². The number of benzene rings is 2. The van der Waals surface area contributed by atoms with Crippen LogP contribution >= 0.6 is 11.6 Å². The fraction of sp³-hybridized carbons (Fsp3) is 0.174. The molecule has 0 aliphatic rings. The van der Waals surface area contributed by atoms with Crippen LogP contribution in [0.25, 0.3) is 22.6 Å². The van der Waals surface area contributed by atoms with Gasteiger partial charge in [-0.05, 0) is 66.4 Å². The Bertz CT molecular complexity index is 1170. The quantitative estimate of drug-likeness (QED) is 0.395. The summed E-state index contributed by atoms with van der Waals surface area (Å²) in [5.74, 6) is 0.723. The molecule has 0 radical (unpaired) electrons. The van der Waals surface area contributed by atoms with Crippen molar-refractivity contribution in [2.45, 2.75) is 26.2 Å². The van der Waals surface area contributed by atoms with Gasteiger partial charge in [-0.25, -0.2) is 9.97 Å². The van der Waals surface area contributed by atoms with Crippen LogP contribution in [0, 0.1) is 0 Å². The summed E-state index contributed by atoms with van der Waals surface area (Å²) in [6.45, 7) is 4.37. The molecule has 2 heterocycles. The number of fused-ring (bicyclic) bond motifs is 1. The van der Waals surface area contributed by atoms with Crippen molar-refractivity contribution in [1.82, 2.24) is 9.97 Å². The average Bonchev–Trinajstić information content (AvgIpc) is 3.17. The van der Waals surface area contributed by atoms with Crippen LogP contribution in [0.1, 0.15) is 42.1 Å². The monoisotopic (exact) mass is 405 g/mol. The van der Waals surface area contributed by atoms with Crippen LogP contribution in [-0.2, 0) is 0 Å². The van der Waals surface area contributed by atoms with Crippen LogP contribution in [0.15, 0.2) is 65.2 Å². The first-order valence-corrected chi connectivity index (χ1v) is 9.85. The number of nitrogens with one attached hydrogen (secondary N) is 1. The van der Waals surface area contributed by atoms with Gasteiger partial charge in [0, 0.05) is 17.4 Å². The number of hydrogen-bond acceptors (Lipinski definition) is 4. The van der Waals surface area contributed by atoms with Gasteiger partial charge in [-0.1, -0.05) is 31.5 Å². The Morgan fingerprint density at radius 3 is 2.69 bits per heavy atom. The summed E-state index contributed by atoms with van der Waals surface area (Å²) in [5.41, 5.74) is 4.68. The van der Waals surface area contributed by atoms with Gasteiger partial charge in [-0.2, -0.15) is 0 Å². The van der Waals surface area contributed by atoms with E-state index in [0.29, 0.717) is 23.1 Å². The highest BCUT2D eigenvalue weighted by atomic mass is 35.5. The zero-order chi connectivity index (χ0) is 20.4. The molecule has 146 valence electrons. The molecule has 29 heavy (non-hydrogen) atoms. The number of hydrogen-bond donors (Lipinski definition) is 1. The highest BCUT2D eigenvalue weighted by Crippen LogP contribution is 2.28. The first kappa shape index (κ1) is 19.2. The molecule has 1 atom stereocenters. The number of rotatable bonds is 5. The number of carbonyl (C=O) groups is 1. The molecular weight excluding hydrogens is 386 g/mol. The number of carbonyl (C=O) groups excluding carboxylic acids is 1. The van der Waals surface area contributed by atoms with Crippen molar-refractivity contribution in [2.24, 2.45) is 0 Å². The van der Waals surface area contributed by atoms with Crippen LogP contribution in [0.4, 0.5) is 5.69 Å². The molecule has 1 N–H and O–H groups in total. The first-order chi connectivity index (χ1) is 14.0. The minimum atomic E-state index is -0.310. The molecule has 0 bridgehead atoms. The third kappa shape index (κ3) is 4.00. The number of pyridine rings is 1. The second-order valence-corrected chi connectivity index (χ2v) is 7.29. The zero-order valence-electron chi connectivity index (χ0n) is 16.1. The number of aromatic nitrogens is 2. The number of halogens is 1. The highest BCUT2D eigenvalue weighted by Gasteiger charge is 2.13. The van der Waals surface area contributed by atoms with Crippen molar-refractivity contribution >= 4 is 34.3 Å². The van der Waals surface area contributed by atoms with E-state index < -0.39 is 0 Å². The first-order valence-electron chi connectivity index (χ1n) is 9.48. The summed E-state index contributed by atoms with van der Waals surface area (Å²) in [5, 5.41) is 2.99. The summed E-state index contributed by atoms with van der Waals surface area (Å²) in [4.78, 5) is 20.9. The Balaban J connectivity index is 1.54. The fourth-order valence-corrected chi connectivity index (χ4v) is 3.27. The Kier molecular flexibility index (Phi) is 5.32. The van der Waals surface area contributed by atoms with Crippen LogP contribution in [-0.4, -0.2) is 15.9 Å². The molecule has 4 aromatic rings. The molecule has 2 aromatic heterocycles. The van der Waals surface area contributed by atoms with Gasteiger partial charge in [0.25, 0.3) is 5.91 Å². The molecule has 0 saturated heterocycles. The molecule has 2 aromatic carbocycles. The smallest absolute Gasteiger partial charge is 0.258 e. The van der Waals surface area contributed by atoms with E-state index in [4.69, 9.17) is 16.0 Å². The molecule has 0 saturated carbocycles. The van der Waals surface area contributed by atoms with Gasteiger partial charge >= 0.3 is 0 Å². The number of nitrogens with zero attached hydrogens (tertiary/aromatic N) is 2. The minimum Gasteiger partial charge on any atom is -0.436 e. The molecule has 5 nitrogen and oxygen atoms in total. The van der Waals surface area contributed by atoms with Gasteiger partial charge in [0.1, 0.15) is 10.7 Å². The van der Waals surface area contributed by atoms with Crippen LogP contribution in [0.5, 0.6) is 0 Å². The van der Waals surface area contributed by atoms with E-state index in [1.54, 1.807) is 30.5 Å². The Hall–Kier alpha value is -3.18. The standard InChI is InChI=1S/C23H20ClN3O2/c1-3-14(2)16-8-11-20-19(13-16)27-23(29-20)15-6-9-17(10-7-15)26-22(28)18-5-4-12-25-21(18)24/h4-14H,3H2,1-2H3,(H,26,28)/t14-/m0/s1. The van der Waals surface area contributed by atoms with Crippen molar-refractivity contribution in [1.29, 1.82) is 0 Å². The molecule has 1 amide bonds. The third-order valence-corrected chi connectivity index (χ3v) is 5.29. The summed E-state index contributed by atoms with van der Waals surface area (Å²) < 4.78 is 5.90. The normalized spacial score (nSPS) is 12.1. The van der Waals surface area contributed by atoms with Crippen molar-refractivity contribution < 1.29 is 9.21 Å². The van der Waals surface area contributed by atoms with E-state index in [1.807, 2.05) is 18.2 Å². The van der Waals surface area contributed by atoms with Crippen LogP contribution in [0.3, 0.4) is 0 Å². The second kappa shape index (κ2) is 8.05. The molecule has 0 unspecified atom stereocenters. The number of oxazole rings is 1. The molecule has 0 aliphatic carbocycles. The maximum absolute atomic E-state index is 12.4. The van der Waals surface area contributed by atoms with E-state index in [-0.39, 0.29) is 11.1 Å². The van der Waals surface area contributed by atoms with Crippen molar-refractivity contribution in [2.75, 3.05) is 5.32 Å². The van der Waals surface area contributed by atoms with Crippen LogP contribution < -0.4 is 5.32 Å². The van der Waals surface area contributed by atoms with Gasteiger partial charge in [-0.3, -0.25) is 4.79 Å². The lowest BCUT2D eigenvalue weighted by Gasteiger charge is -2.07. The SMILES string of the molecule is CC[C@H](C)c1ccc2oc(-c3ccc(NC(=O)c4cccnc4Cl)cc3)nc2c1. The van der Waals surface area contributed by atoms with Gasteiger partial charge < -0.3 is 9.73 Å². The topological polar surface area (TPSA) is 68.0 Å². The molecule has 4 rings (SSSR count). The van der Waals surface area contributed by atoms with Crippen LogP contribution in [0.2, 0.25) is 5.15 Å². The van der Waals surface area contributed by atoms with Gasteiger partial charge in [-0.15, -0.1) is 0 Å². The molecular formula is C23H20ClN3O2. The predicted octanol–water partition coefficient (Wildman–Crippen LogP) is 6.31. The fourth-order valence-electron chi connectivity index (χ4n) is 3.06. The minimum absolute atomic E-state index is 0.171. The second-order valence-electron chi connectivity index (χ2n) is 6.93. The lowest BCUT2D eigenvalue weighted by Crippen LogP contribution is -2.12. The summed E-state index contributed by atoms with van der Waals surface area (Å²) in [6.07, 6.45) is 2.62. The van der Waals surface area contributed by atoms with E-state index in [9.17, 15) is 4.79 Å². The Labute approximate surface area is 173 Å². The van der Waals surface area contributed by atoms with E-state index in [2.05, 4.69) is 41.3 Å². The van der Waals surface area contributed by atoms with Gasteiger partial charge in [0.15, 0.2) is 5.58 Å². The molecule has 6 heteroatoms.